The summed E-state index contributed by atoms with van der Waals surface area (Å²) in [4.78, 5) is 3.16. The van der Waals surface area contributed by atoms with Crippen molar-refractivity contribution >= 4 is 23.3 Å². The van der Waals surface area contributed by atoms with Crippen LogP contribution in [0.25, 0.3) is 10.9 Å². The van der Waals surface area contributed by atoms with Crippen molar-refractivity contribution in [1.82, 2.24) is 4.98 Å². The van der Waals surface area contributed by atoms with Crippen LogP contribution in [0.2, 0.25) is 0 Å². The molecule has 0 spiro atoms. The Kier molecular flexibility index (Phi) is 3.95. The van der Waals surface area contributed by atoms with Gasteiger partial charge < -0.3 is 15.8 Å². The minimum absolute atomic E-state index is 0. The molecule has 1 fully saturated rings. The number of aromatic nitrogens is 1. The molecule has 3 nitrogen and oxygen atoms in total. The number of H-pyrrole nitrogens is 1. The van der Waals surface area contributed by atoms with Gasteiger partial charge in [-0.1, -0.05) is 12.5 Å². The normalized spacial score (nSPS) is 19.0. The summed E-state index contributed by atoms with van der Waals surface area (Å²) in [5.74, 6) is 0.395. The quantitative estimate of drug-likeness (QED) is 0.800. The highest BCUT2D eigenvalue weighted by Crippen LogP contribution is 2.34. The maximum Gasteiger partial charge on any atom is 0.0760 e. The molecule has 0 unspecified atom stereocenters. The highest BCUT2D eigenvalue weighted by Gasteiger charge is 2.30. The molecule has 1 saturated carbocycles. The summed E-state index contributed by atoms with van der Waals surface area (Å²) in [5, 5.41) is 11.3. The lowest BCUT2D eigenvalue weighted by Crippen LogP contribution is -2.36. The fourth-order valence-corrected chi connectivity index (χ4v) is 2.55. The zero-order chi connectivity index (χ0) is 11.8. The number of nitrogens with one attached hydrogen (secondary N) is 1. The lowest BCUT2D eigenvalue weighted by atomic mass is 9.77. The molecule has 3 rings (SSSR count). The van der Waals surface area contributed by atoms with Gasteiger partial charge in [-0.3, -0.25) is 0 Å². The summed E-state index contributed by atoms with van der Waals surface area (Å²) in [5.41, 5.74) is 8.28. The van der Waals surface area contributed by atoms with Crippen LogP contribution in [0.15, 0.2) is 30.5 Å². The summed E-state index contributed by atoms with van der Waals surface area (Å²) in [6, 6.07) is 7.86. The number of benzene rings is 1. The molecule has 0 amide bonds. The molecule has 18 heavy (non-hydrogen) atoms. The molecule has 98 valence electrons. The van der Waals surface area contributed by atoms with Crippen molar-refractivity contribution in [3.05, 3.63) is 36.0 Å². The lowest BCUT2D eigenvalue weighted by Gasteiger charge is -2.33. The molecule has 2 aromatic rings. The number of aliphatic hydroxyl groups is 1. The van der Waals surface area contributed by atoms with Crippen LogP contribution in [-0.4, -0.2) is 16.2 Å². The van der Waals surface area contributed by atoms with Gasteiger partial charge in [0.05, 0.1) is 12.1 Å². The van der Waals surface area contributed by atoms with Crippen molar-refractivity contribution in [3.8, 4) is 0 Å². The Morgan fingerprint density at radius 2 is 2.06 bits per heavy atom. The first-order chi connectivity index (χ1) is 8.25. The lowest BCUT2D eigenvalue weighted by molar-refractivity contribution is 0.0414. The van der Waals surface area contributed by atoms with Gasteiger partial charge in [-0.05, 0) is 47.9 Å². The van der Waals surface area contributed by atoms with Crippen LogP contribution in [0.1, 0.15) is 30.9 Å². The van der Waals surface area contributed by atoms with Crippen LogP contribution >= 0.6 is 12.4 Å². The zero-order valence-corrected chi connectivity index (χ0v) is 11.0. The number of hydrogen-bond acceptors (Lipinski definition) is 2. The first-order valence-electron chi connectivity index (χ1n) is 6.26. The molecule has 0 saturated heterocycles. The number of halogens is 1. The van der Waals surface area contributed by atoms with Crippen molar-refractivity contribution in [2.75, 3.05) is 0 Å². The molecular weight excluding hydrogens is 248 g/mol. The molecule has 1 aliphatic rings. The van der Waals surface area contributed by atoms with Crippen LogP contribution in [-0.2, 0) is 0 Å². The van der Waals surface area contributed by atoms with Crippen LogP contribution in [0.5, 0.6) is 0 Å². The van der Waals surface area contributed by atoms with Crippen LogP contribution in [0, 0.1) is 5.92 Å². The Balaban J connectivity index is 0.00000120. The standard InChI is InChI=1S/C14H18N2O.ClH/c15-13(14(17)9-2-1-3-9)11-4-5-12-10(8-11)6-7-16-12;/h4-9,13-14,16-17H,1-3,15H2;1H/t13-,14+;/m1./s1. The predicted molar refractivity (Wildman–Crippen MR) is 75.8 cm³/mol. The van der Waals surface area contributed by atoms with Gasteiger partial charge in [0.15, 0.2) is 0 Å². The summed E-state index contributed by atoms with van der Waals surface area (Å²) < 4.78 is 0. The van der Waals surface area contributed by atoms with Crippen molar-refractivity contribution in [1.29, 1.82) is 0 Å². The predicted octanol–water partition coefficient (Wildman–Crippen LogP) is 2.75. The van der Waals surface area contributed by atoms with E-state index in [4.69, 9.17) is 5.73 Å². The average molecular weight is 267 g/mol. The van der Waals surface area contributed by atoms with E-state index in [9.17, 15) is 5.11 Å². The van der Waals surface area contributed by atoms with E-state index in [2.05, 4.69) is 11.1 Å². The van der Waals surface area contributed by atoms with E-state index in [-0.39, 0.29) is 18.4 Å². The van der Waals surface area contributed by atoms with E-state index in [1.54, 1.807) is 0 Å². The topological polar surface area (TPSA) is 62.0 Å². The Bertz CT molecular complexity index is 521. The second kappa shape index (κ2) is 5.31. The molecule has 4 N–H and O–H groups in total. The summed E-state index contributed by atoms with van der Waals surface area (Å²) in [6.07, 6.45) is 4.97. The SMILES string of the molecule is Cl.N[C@H](c1ccc2[nH]ccc2c1)[C@@H](O)C1CCC1. The van der Waals surface area contributed by atoms with E-state index in [0.717, 1.165) is 29.3 Å². The molecule has 1 aliphatic carbocycles. The van der Waals surface area contributed by atoms with E-state index in [0.29, 0.717) is 5.92 Å². The van der Waals surface area contributed by atoms with Gasteiger partial charge in [-0.25, -0.2) is 0 Å². The fraction of sp³-hybridized carbons (Fsp3) is 0.429. The number of hydrogen-bond donors (Lipinski definition) is 3. The smallest absolute Gasteiger partial charge is 0.0760 e. The Morgan fingerprint density at radius 3 is 2.72 bits per heavy atom. The molecule has 1 heterocycles. The number of nitrogens with two attached hydrogens (primary N) is 1. The van der Waals surface area contributed by atoms with Gasteiger partial charge in [0.25, 0.3) is 0 Å². The maximum atomic E-state index is 10.2. The van der Waals surface area contributed by atoms with Gasteiger partial charge in [0.2, 0.25) is 0 Å². The van der Waals surface area contributed by atoms with Crippen molar-refractivity contribution in [2.45, 2.75) is 31.4 Å². The Labute approximate surface area is 113 Å². The molecule has 0 bridgehead atoms. The van der Waals surface area contributed by atoms with Crippen LogP contribution in [0.4, 0.5) is 0 Å². The molecule has 0 radical (unpaired) electrons. The van der Waals surface area contributed by atoms with Crippen LogP contribution in [0.3, 0.4) is 0 Å². The molecule has 4 heteroatoms. The third kappa shape index (κ3) is 2.26. The van der Waals surface area contributed by atoms with Gasteiger partial charge in [-0.15, -0.1) is 12.4 Å². The fourth-order valence-electron chi connectivity index (χ4n) is 2.55. The molecule has 2 atom stereocenters. The summed E-state index contributed by atoms with van der Waals surface area (Å²) in [7, 11) is 0. The molecule has 1 aromatic heterocycles. The zero-order valence-electron chi connectivity index (χ0n) is 10.2. The van der Waals surface area contributed by atoms with Gasteiger partial charge >= 0.3 is 0 Å². The van der Waals surface area contributed by atoms with Crippen molar-refractivity contribution in [2.24, 2.45) is 11.7 Å². The third-order valence-corrected chi connectivity index (χ3v) is 3.96. The van der Waals surface area contributed by atoms with E-state index in [1.807, 2.05) is 24.4 Å². The Morgan fingerprint density at radius 1 is 1.28 bits per heavy atom. The summed E-state index contributed by atoms with van der Waals surface area (Å²) >= 11 is 0. The average Bonchev–Trinajstić information content (AvgIpc) is 2.72. The molecular formula is C14H19ClN2O. The minimum atomic E-state index is -0.403. The maximum absolute atomic E-state index is 10.2. The monoisotopic (exact) mass is 266 g/mol. The van der Waals surface area contributed by atoms with Gasteiger partial charge in [0.1, 0.15) is 0 Å². The number of rotatable bonds is 3. The van der Waals surface area contributed by atoms with E-state index in [1.165, 1.54) is 6.42 Å². The second-order valence-electron chi connectivity index (χ2n) is 5.03. The second-order valence-corrected chi connectivity index (χ2v) is 5.03. The van der Waals surface area contributed by atoms with E-state index < -0.39 is 6.10 Å². The largest absolute Gasteiger partial charge is 0.391 e. The first kappa shape index (κ1) is 13.4. The van der Waals surface area contributed by atoms with Gasteiger partial charge in [0, 0.05) is 11.7 Å². The number of aliphatic hydroxyl groups excluding tert-OH is 1. The van der Waals surface area contributed by atoms with Crippen LogP contribution < -0.4 is 5.73 Å². The molecule has 0 aliphatic heterocycles. The van der Waals surface area contributed by atoms with E-state index >= 15 is 0 Å². The first-order valence-corrected chi connectivity index (χ1v) is 6.26. The highest BCUT2D eigenvalue weighted by atomic mass is 35.5. The molecule has 1 aromatic carbocycles. The van der Waals surface area contributed by atoms with Crippen molar-refractivity contribution in [3.63, 3.8) is 0 Å². The third-order valence-electron chi connectivity index (χ3n) is 3.96. The highest BCUT2D eigenvalue weighted by molar-refractivity contribution is 5.85. The van der Waals surface area contributed by atoms with Crippen molar-refractivity contribution < 1.29 is 5.11 Å². The minimum Gasteiger partial charge on any atom is -0.391 e. The Hall–Kier alpha value is -1.03. The van der Waals surface area contributed by atoms with Gasteiger partial charge in [-0.2, -0.15) is 0 Å². The number of fused-ring (bicyclic) bond motifs is 1. The summed E-state index contributed by atoms with van der Waals surface area (Å²) in [6.45, 7) is 0. The number of aromatic amines is 1.